The third-order valence-electron chi connectivity index (χ3n) is 4.48. The Bertz CT molecular complexity index is 896. The number of carbonyl (C=O) groups excluding carboxylic acids is 2. The predicted octanol–water partition coefficient (Wildman–Crippen LogP) is 2.87. The smallest absolute Gasteiger partial charge is 0.244 e. The minimum absolute atomic E-state index is 0.0817. The van der Waals surface area contributed by atoms with Gasteiger partial charge in [-0.25, -0.2) is 13.2 Å². The molecule has 0 aliphatic rings. The van der Waals surface area contributed by atoms with Gasteiger partial charge in [-0.3, -0.25) is 14.3 Å². The Hall–Kier alpha value is -2.84. The van der Waals surface area contributed by atoms with Crippen molar-refractivity contribution in [2.75, 3.05) is 18.4 Å². The van der Waals surface area contributed by atoms with Gasteiger partial charge < -0.3 is 10.2 Å². The van der Waals surface area contributed by atoms with Gasteiger partial charge in [0.1, 0.15) is 0 Å². The molecule has 28 heavy (non-hydrogen) atoms. The zero-order chi connectivity index (χ0) is 21.0. The van der Waals surface area contributed by atoms with Crippen molar-refractivity contribution in [2.24, 2.45) is 7.05 Å². The molecule has 0 atom stereocenters. The molecular weight excluding hydrogens is 373 g/mol. The predicted molar refractivity (Wildman–Crippen MR) is 98.2 cm³/mol. The van der Waals surface area contributed by atoms with Gasteiger partial charge in [-0.15, -0.1) is 0 Å². The summed E-state index contributed by atoms with van der Waals surface area (Å²) < 4.78 is 41.7. The first kappa shape index (κ1) is 21.5. The number of amides is 2. The number of rotatable bonds is 7. The van der Waals surface area contributed by atoms with Crippen LogP contribution in [0.15, 0.2) is 12.1 Å². The molecule has 0 fully saturated rings. The highest BCUT2D eigenvalue weighted by atomic mass is 19.2. The van der Waals surface area contributed by atoms with Gasteiger partial charge in [0.25, 0.3) is 0 Å². The Morgan fingerprint density at radius 2 is 1.86 bits per heavy atom. The van der Waals surface area contributed by atoms with Crippen molar-refractivity contribution in [3.63, 3.8) is 0 Å². The summed E-state index contributed by atoms with van der Waals surface area (Å²) >= 11 is 0. The highest BCUT2D eigenvalue weighted by Crippen LogP contribution is 2.20. The normalized spacial score (nSPS) is 10.8. The Balaban J connectivity index is 2.10. The SMILES string of the molecule is CCCN(CC(=O)Nc1ccc(F)c(F)c1F)C(=O)Cc1c(C)nn(C)c1C. The first-order valence-corrected chi connectivity index (χ1v) is 8.85. The second kappa shape index (κ2) is 8.90. The fourth-order valence-electron chi connectivity index (χ4n) is 2.88. The average molecular weight is 396 g/mol. The standard InChI is InChI=1S/C19H23F3N4O2/c1-5-8-26(17(28)9-13-11(2)24-25(4)12(13)3)10-16(27)23-15-7-6-14(20)18(21)19(15)22/h6-7H,5,8-10H2,1-4H3,(H,23,27). The van der Waals surface area contributed by atoms with Crippen LogP contribution in [0.5, 0.6) is 0 Å². The van der Waals surface area contributed by atoms with Crippen molar-refractivity contribution in [1.82, 2.24) is 14.7 Å². The largest absolute Gasteiger partial charge is 0.333 e. The minimum atomic E-state index is -1.66. The summed E-state index contributed by atoms with van der Waals surface area (Å²) in [6.45, 7) is 5.51. The van der Waals surface area contributed by atoms with Crippen LogP contribution in [0.2, 0.25) is 0 Å². The summed E-state index contributed by atoms with van der Waals surface area (Å²) in [6, 6.07) is 1.65. The van der Waals surface area contributed by atoms with Crippen LogP contribution in [-0.4, -0.2) is 39.6 Å². The van der Waals surface area contributed by atoms with Crippen LogP contribution >= 0.6 is 0 Å². The van der Waals surface area contributed by atoms with Crippen molar-refractivity contribution < 1.29 is 22.8 Å². The zero-order valence-electron chi connectivity index (χ0n) is 16.3. The monoisotopic (exact) mass is 396 g/mol. The van der Waals surface area contributed by atoms with Crippen LogP contribution in [-0.2, 0) is 23.1 Å². The molecule has 0 aliphatic carbocycles. The number of benzene rings is 1. The average Bonchev–Trinajstić information content (AvgIpc) is 2.88. The molecule has 2 aromatic rings. The molecule has 1 N–H and O–H groups in total. The summed E-state index contributed by atoms with van der Waals surface area (Å²) in [5.41, 5.74) is 1.90. The van der Waals surface area contributed by atoms with Gasteiger partial charge in [0, 0.05) is 24.8 Å². The molecule has 6 nitrogen and oxygen atoms in total. The Kier molecular flexibility index (Phi) is 6.82. The first-order chi connectivity index (χ1) is 13.1. The van der Waals surface area contributed by atoms with Crippen molar-refractivity contribution in [3.8, 4) is 0 Å². The first-order valence-electron chi connectivity index (χ1n) is 8.85. The number of halogens is 3. The van der Waals surface area contributed by atoms with E-state index in [1.165, 1.54) is 4.90 Å². The molecule has 9 heteroatoms. The molecule has 0 spiro atoms. The summed E-state index contributed by atoms with van der Waals surface area (Å²) in [5.74, 6) is -5.47. The maximum Gasteiger partial charge on any atom is 0.244 e. The second-order valence-electron chi connectivity index (χ2n) is 6.54. The molecular formula is C19H23F3N4O2. The van der Waals surface area contributed by atoms with Crippen molar-refractivity contribution >= 4 is 17.5 Å². The lowest BCUT2D eigenvalue weighted by molar-refractivity contribution is -0.134. The lowest BCUT2D eigenvalue weighted by Crippen LogP contribution is -2.39. The highest BCUT2D eigenvalue weighted by molar-refractivity contribution is 5.95. The lowest BCUT2D eigenvalue weighted by Gasteiger charge is -2.22. The van der Waals surface area contributed by atoms with E-state index in [0.29, 0.717) is 13.0 Å². The van der Waals surface area contributed by atoms with Gasteiger partial charge in [-0.05, 0) is 32.4 Å². The van der Waals surface area contributed by atoms with Gasteiger partial charge in [0.15, 0.2) is 17.5 Å². The van der Waals surface area contributed by atoms with Crippen molar-refractivity contribution in [2.45, 2.75) is 33.6 Å². The Morgan fingerprint density at radius 3 is 2.43 bits per heavy atom. The molecule has 2 rings (SSSR count). The van der Waals surface area contributed by atoms with E-state index < -0.39 is 29.0 Å². The molecule has 0 unspecified atom stereocenters. The number of aromatic nitrogens is 2. The molecule has 0 bridgehead atoms. The number of hydrogen-bond acceptors (Lipinski definition) is 3. The molecule has 1 aromatic heterocycles. The quantitative estimate of drug-likeness (QED) is 0.732. The number of nitrogens with zero attached hydrogens (tertiary/aromatic N) is 3. The zero-order valence-corrected chi connectivity index (χ0v) is 16.3. The maximum absolute atomic E-state index is 13.7. The number of hydrogen-bond donors (Lipinski definition) is 1. The van der Waals surface area contributed by atoms with Crippen LogP contribution in [0.3, 0.4) is 0 Å². The summed E-state index contributed by atoms with van der Waals surface area (Å²) in [6.07, 6.45) is 0.696. The molecule has 0 radical (unpaired) electrons. The van der Waals surface area contributed by atoms with Crippen LogP contribution in [0.1, 0.15) is 30.3 Å². The van der Waals surface area contributed by atoms with Gasteiger partial charge in [-0.2, -0.15) is 5.10 Å². The van der Waals surface area contributed by atoms with E-state index in [9.17, 15) is 22.8 Å². The molecule has 0 saturated heterocycles. The van der Waals surface area contributed by atoms with Crippen molar-refractivity contribution in [1.29, 1.82) is 0 Å². The molecule has 2 amide bonds. The summed E-state index contributed by atoms with van der Waals surface area (Å²) in [5, 5.41) is 6.45. The lowest BCUT2D eigenvalue weighted by atomic mass is 10.1. The van der Waals surface area contributed by atoms with Gasteiger partial charge in [0.2, 0.25) is 11.8 Å². The van der Waals surface area contributed by atoms with E-state index in [0.717, 1.165) is 29.1 Å². The molecule has 1 heterocycles. The molecule has 0 aliphatic heterocycles. The van der Waals surface area contributed by atoms with Crippen LogP contribution in [0.25, 0.3) is 0 Å². The fourth-order valence-corrected chi connectivity index (χ4v) is 2.88. The van der Waals surface area contributed by atoms with Crippen LogP contribution in [0.4, 0.5) is 18.9 Å². The fraction of sp³-hybridized carbons (Fsp3) is 0.421. The minimum Gasteiger partial charge on any atom is -0.333 e. The van der Waals surface area contributed by atoms with Gasteiger partial charge in [-0.1, -0.05) is 6.92 Å². The Labute approximate surface area is 161 Å². The maximum atomic E-state index is 13.7. The van der Waals surface area contributed by atoms with E-state index >= 15 is 0 Å². The molecule has 0 saturated carbocycles. The number of aryl methyl sites for hydroxylation is 2. The second-order valence-corrected chi connectivity index (χ2v) is 6.54. The van der Waals surface area contributed by atoms with Gasteiger partial charge >= 0.3 is 0 Å². The van der Waals surface area contributed by atoms with E-state index in [2.05, 4.69) is 10.4 Å². The summed E-state index contributed by atoms with van der Waals surface area (Å²) in [7, 11) is 1.78. The van der Waals surface area contributed by atoms with Gasteiger partial charge in [0.05, 0.1) is 24.3 Å². The Morgan fingerprint density at radius 1 is 1.18 bits per heavy atom. The highest BCUT2D eigenvalue weighted by Gasteiger charge is 2.22. The van der Waals surface area contributed by atoms with E-state index in [-0.39, 0.29) is 18.9 Å². The van der Waals surface area contributed by atoms with E-state index in [1.54, 1.807) is 18.7 Å². The molecule has 152 valence electrons. The number of nitrogens with one attached hydrogen (secondary N) is 1. The van der Waals surface area contributed by atoms with Crippen LogP contribution in [0, 0.1) is 31.3 Å². The van der Waals surface area contributed by atoms with E-state index in [4.69, 9.17) is 0 Å². The van der Waals surface area contributed by atoms with Crippen LogP contribution < -0.4 is 5.32 Å². The van der Waals surface area contributed by atoms with E-state index in [1.807, 2.05) is 13.8 Å². The number of carbonyl (C=O) groups is 2. The topological polar surface area (TPSA) is 67.2 Å². The molecule has 1 aromatic carbocycles. The third kappa shape index (κ3) is 4.71. The number of anilines is 1. The summed E-state index contributed by atoms with van der Waals surface area (Å²) in [4.78, 5) is 26.3. The third-order valence-corrected chi connectivity index (χ3v) is 4.48. The van der Waals surface area contributed by atoms with Crippen molar-refractivity contribution in [3.05, 3.63) is 46.5 Å².